The number of halogens is 2. The Morgan fingerprint density at radius 3 is 2.94 bits per heavy atom. The lowest BCUT2D eigenvalue weighted by atomic mass is 10.1. The van der Waals surface area contributed by atoms with Gasteiger partial charge in [0.1, 0.15) is 0 Å². The van der Waals surface area contributed by atoms with Crippen LogP contribution in [-0.2, 0) is 0 Å². The minimum absolute atomic E-state index is 0.0882. The van der Waals surface area contributed by atoms with Crippen molar-refractivity contribution in [1.82, 2.24) is 5.32 Å². The molecule has 0 spiro atoms. The van der Waals surface area contributed by atoms with Gasteiger partial charge in [-0.2, -0.15) is 0 Å². The van der Waals surface area contributed by atoms with Crippen molar-refractivity contribution in [3.05, 3.63) is 46.0 Å². The van der Waals surface area contributed by atoms with Crippen LogP contribution in [0, 0.1) is 6.92 Å². The van der Waals surface area contributed by atoms with Gasteiger partial charge in [0.25, 0.3) is 5.91 Å². The average Bonchev–Trinajstić information content (AvgIpc) is 2.28. The molecule has 1 aromatic carbocycles. The smallest absolute Gasteiger partial charge is 0.252 e. The monoisotopic (exact) mass is 301 g/mol. The van der Waals surface area contributed by atoms with E-state index in [1.165, 1.54) is 0 Å². The number of nitrogens with one attached hydrogen (secondary N) is 1. The molecule has 0 saturated heterocycles. The maximum absolute atomic E-state index is 11.8. The first kappa shape index (κ1) is 13.3. The molecule has 0 fully saturated rings. The number of alkyl halides is 1. The molecule has 1 aromatic rings. The molecule has 0 radical (unpaired) electrons. The van der Waals surface area contributed by atoms with E-state index in [2.05, 4.69) is 21.2 Å². The van der Waals surface area contributed by atoms with Crippen molar-refractivity contribution in [3.8, 4) is 0 Å². The number of amides is 1. The number of carbonyl (C=O) groups excluding carboxylic acids is 1. The lowest BCUT2D eigenvalue weighted by Gasteiger charge is -2.06. The summed E-state index contributed by atoms with van der Waals surface area (Å²) in [5.41, 5.74) is 1.70. The summed E-state index contributed by atoms with van der Waals surface area (Å²) in [5, 5.41) is 2.79. The molecular formula is C12H13BrClNO. The number of allylic oxidation sites excluding steroid dienone is 1. The Morgan fingerprint density at radius 1 is 1.50 bits per heavy atom. The van der Waals surface area contributed by atoms with E-state index in [1.807, 2.05) is 25.1 Å². The Bertz CT molecular complexity index is 404. The van der Waals surface area contributed by atoms with Gasteiger partial charge in [-0.05, 0) is 34.5 Å². The molecule has 0 heterocycles. The molecule has 86 valence electrons. The summed E-state index contributed by atoms with van der Waals surface area (Å²) in [6, 6.07) is 5.61. The summed E-state index contributed by atoms with van der Waals surface area (Å²) in [7, 11) is 0. The SMILES string of the molecule is Cc1cccc(C(=O)NC/C=C/CCl)c1Br. The molecule has 0 saturated carbocycles. The normalized spacial score (nSPS) is 10.7. The standard InChI is InChI=1S/C12H13BrClNO/c1-9-5-4-6-10(11(9)13)12(16)15-8-3-2-7-14/h2-6H,7-8H2,1H3,(H,15,16)/b3-2+. The number of benzene rings is 1. The molecule has 0 atom stereocenters. The van der Waals surface area contributed by atoms with Crippen molar-refractivity contribution in [1.29, 1.82) is 0 Å². The second-order valence-corrected chi connectivity index (χ2v) is 4.37. The van der Waals surface area contributed by atoms with E-state index in [9.17, 15) is 4.79 Å². The molecule has 0 unspecified atom stereocenters. The molecule has 4 heteroatoms. The first-order valence-corrected chi connectivity index (χ1v) is 6.24. The minimum atomic E-state index is -0.0882. The largest absolute Gasteiger partial charge is 0.349 e. The molecule has 0 bridgehead atoms. The van der Waals surface area contributed by atoms with Crippen molar-refractivity contribution in [2.45, 2.75) is 6.92 Å². The quantitative estimate of drug-likeness (QED) is 0.671. The summed E-state index contributed by atoms with van der Waals surface area (Å²) in [6.07, 6.45) is 3.63. The summed E-state index contributed by atoms with van der Waals surface area (Å²) in [6.45, 7) is 2.44. The van der Waals surface area contributed by atoms with Gasteiger partial charge in [-0.1, -0.05) is 24.3 Å². The van der Waals surface area contributed by atoms with E-state index in [1.54, 1.807) is 12.1 Å². The van der Waals surface area contributed by atoms with Crippen LogP contribution < -0.4 is 5.32 Å². The van der Waals surface area contributed by atoms with Crippen LogP contribution in [0.15, 0.2) is 34.8 Å². The van der Waals surface area contributed by atoms with Gasteiger partial charge in [-0.3, -0.25) is 4.79 Å². The zero-order chi connectivity index (χ0) is 12.0. The van der Waals surface area contributed by atoms with Crippen LogP contribution in [0.5, 0.6) is 0 Å². The molecule has 1 rings (SSSR count). The lowest BCUT2D eigenvalue weighted by molar-refractivity contribution is 0.0957. The van der Waals surface area contributed by atoms with E-state index in [0.717, 1.165) is 10.0 Å². The zero-order valence-electron chi connectivity index (χ0n) is 8.97. The minimum Gasteiger partial charge on any atom is -0.349 e. The first-order valence-electron chi connectivity index (χ1n) is 4.91. The van der Waals surface area contributed by atoms with Crippen LogP contribution >= 0.6 is 27.5 Å². The van der Waals surface area contributed by atoms with Gasteiger partial charge >= 0.3 is 0 Å². The number of hydrogen-bond donors (Lipinski definition) is 1. The van der Waals surface area contributed by atoms with Crippen molar-refractivity contribution in [2.24, 2.45) is 0 Å². The van der Waals surface area contributed by atoms with Crippen LogP contribution in [0.1, 0.15) is 15.9 Å². The van der Waals surface area contributed by atoms with E-state index in [0.29, 0.717) is 18.0 Å². The third-order valence-electron chi connectivity index (χ3n) is 2.07. The van der Waals surface area contributed by atoms with Gasteiger partial charge in [0.2, 0.25) is 0 Å². The highest BCUT2D eigenvalue weighted by molar-refractivity contribution is 9.10. The number of hydrogen-bond acceptors (Lipinski definition) is 1. The fraction of sp³-hybridized carbons (Fsp3) is 0.250. The zero-order valence-corrected chi connectivity index (χ0v) is 11.3. The van der Waals surface area contributed by atoms with E-state index >= 15 is 0 Å². The van der Waals surface area contributed by atoms with Crippen LogP contribution in [0.25, 0.3) is 0 Å². The van der Waals surface area contributed by atoms with Crippen molar-refractivity contribution < 1.29 is 4.79 Å². The van der Waals surface area contributed by atoms with Crippen molar-refractivity contribution in [3.63, 3.8) is 0 Å². The van der Waals surface area contributed by atoms with Crippen molar-refractivity contribution in [2.75, 3.05) is 12.4 Å². The second kappa shape index (κ2) is 6.71. The fourth-order valence-electron chi connectivity index (χ4n) is 1.22. The number of carbonyl (C=O) groups is 1. The Kier molecular flexibility index (Phi) is 5.56. The van der Waals surface area contributed by atoms with Gasteiger partial charge < -0.3 is 5.32 Å². The third-order valence-corrected chi connectivity index (χ3v) is 3.30. The highest BCUT2D eigenvalue weighted by Crippen LogP contribution is 2.20. The molecule has 0 aliphatic carbocycles. The van der Waals surface area contributed by atoms with Crippen LogP contribution in [-0.4, -0.2) is 18.3 Å². The molecule has 1 amide bonds. The maximum atomic E-state index is 11.8. The van der Waals surface area contributed by atoms with Crippen molar-refractivity contribution >= 4 is 33.4 Å². The molecule has 2 nitrogen and oxygen atoms in total. The van der Waals surface area contributed by atoms with Gasteiger partial charge in [0.15, 0.2) is 0 Å². The lowest BCUT2D eigenvalue weighted by Crippen LogP contribution is -2.23. The van der Waals surface area contributed by atoms with E-state index in [4.69, 9.17) is 11.6 Å². The van der Waals surface area contributed by atoms with Gasteiger partial charge in [0.05, 0.1) is 5.56 Å². The Morgan fingerprint density at radius 2 is 2.25 bits per heavy atom. The van der Waals surface area contributed by atoms with Crippen LogP contribution in [0.3, 0.4) is 0 Å². The molecule has 0 aliphatic rings. The summed E-state index contributed by atoms with van der Waals surface area (Å²) in [4.78, 5) is 11.8. The predicted octanol–water partition coefficient (Wildman–Crippen LogP) is 3.28. The van der Waals surface area contributed by atoms with Gasteiger partial charge in [-0.25, -0.2) is 0 Å². The molecule has 0 aromatic heterocycles. The molecular weight excluding hydrogens is 289 g/mol. The van der Waals surface area contributed by atoms with Gasteiger partial charge in [-0.15, -0.1) is 11.6 Å². The highest BCUT2D eigenvalue weighted by Gasteiger charge is 2.09. The maximum Gasteiger partial charge on any atom is 0.252 e. The first-order chi connectivity index (χ1) is 7.66. The second-order valence-electron chi connectivity index (χ2n) is 3.27. The average molecular weight is 303 g/mol. The summed E-state index contributed by atoms with van der Waals surface area (Å²) in [5.74, 6) is 0.374. The van der Waals surface area contributed by atoms with Crippen LogP contribution in [0.4, 0.5) is 0 Å². The topological polar surface area (TPSA) is 29.1 Å². The Hall–Kier alpha value is -0.800. The van der Waals surface area contributed by atoms with Crippen LogP contribution in [0.2, 0.25) is 0 Å². The fourth-order valence-corrected chi connectivity index (χ4v) is 1.79. The third kappa shape index (κ3) is 3.65. The summed E-state index contributed by atoms with van der Waals surface area (Å²) < 4.78 is 0.842. The number of rotatable bonds is 4. The molecule has 16 heavy (non-hydrogen) atoms. The number of aryl methyl sites for hydroxylation is 1. The van der Waals surface area contributed by atoms with Gasteiger partial charge in [0, 0.05) is 16.9 Å². The predicted molar refractivity (Wildman–Crippen MR) is 71.1 cm³/mol. The highest BCUT2D eigenvalue weighted by atomic mass is 79.9. The summed E-state index contributed by atoms with van der Waals surface area (Å²) >= 11 is 8.88. The molecule has 1 N–H and O–H groups in total. The Labute approximate surface area is 109 Å². The van der Waals surface area contributed by atoms with E-state index < -0.39 is 0 Å². The Balaban J connectivity index is 2.66. The van der Waals surface area contributed by atoms with E-state index in [-0.39, 0.29) is 5.91 Å². The molecule has 0 aliphatic heterocycles.